The standard InChI is InChI=1S/C27H37FN8O2/c1-6-14-30-25-21(19-32-27(34-25)33-22-13-16-29-23(28)18-22)11-8-7-9-15-31-26(38)20(2)36(5)24(37)12-10-17-35(3)4/h10,12-13,16,18-20H,6-7,9,14-15,17H2,1-5H3,(H,31,38)(H2,29,30,32,33,34)/t20-/m0/s1. The minimum atomic E-state index is -0.597. The molecule has 0 saturated heterocycles. The zero-order chi connectivity index (χ0) is 27.9. The third-order valence-electron chi connectivity index (χ3n) is 5.35. The summed E-state index contributed by atoms with van der Waals surface area (Å²) in [6.45, 7) is 5.54. The molecule has 0 bridgehead atoms. The molecule has 0 spiro atoms. The highest BCUT2D eigenvalue weighted by Gasteiger charge is 2.20. The first-order valence-electron chi connectivity index (χ1n) is 12.5. The fourth-order valence-electron chi connectivity index (χ4n) is 3.06. The third-order valence-corrected chi connectivity index (χ3v) is 5.35. The van der Waals surface area contributed by atoms with Gasteiger partial charge in [-0.1, -0.05) is 24.8 Å². The molecule has 0 aliphatic carbocycles. The molecule has 11 heteroatoms. The smallest absolute Gasteiger partial charge is 0.246 e. The van der Waals surface area contributed by atoms with E-state index in [1.807, 2.05) is 25.9 Å². The predicted octanol–water partition coefficient (Wildman–Crippen LogP) is 2.79. The molecule has 0 aromatic carbocycles. The van der Waals surface area contributed by atoms with Crippen LogP contribution in [0.15, 0.2) is 36.7 Å². The van der Waals surface area contributed by atoms with Gasteiger partial charge in [-0.25, -0.2) is 9.97 Å². The lowest BCUT2D eigenvalue weighted by atomic mass is 10.2. The molecule has 2 aromatic rings. The number of hydrogen-bond donors (Lipinski definition) is 3. The van der Waals surface area contributed by atoms with Crippen LogP contribution in [0.2, 0.25) is 0 Å². The van der Waals surface area contributed by atoms with Crippen LogP contribution in [0.1, 0.15) is 38.7 Å². The second-order valence-electron chi connectivity index (χ2n) is 8.86. The van der Waals surface area contributed by atoms with Crippen molar-refractivity contribution < 1.29 is 14.0 Å². The number of rotatable bonds is 13. The number of unbranched alkanes of at least 4 members (excludes halogenated alkanes) is 1. The molecule has 1 atom stereocenters. The largest absolute Gasteiger partial charge is 0.369 e. The van der Waals surface area contributed by atoms with Crippen LogP contribution in [0.5, 0.6) is 0 Å². The topological polar surface area (TPSA) is 115 Å². The van der Waals surface area contributed by atoms with Crippen LogP contribution in [0.25, 0.3) is 0 Å². The minimum Gasteiger partial charge on any atom is -0.369 e. The van der Waals surface area contributed by atoms with E-state index in [0.29, 0.717) is 55.5 Å². The van der Waals surface area contributed by atoms with Crippen molar-refractivity contribution in [2.45, 2.75) is 39.2 Å². The highest BCUT2D eigenvalue weighted by molar-refractivity contribution is 5.92. The molecule has 204 valence electrons. The van der Waals surface area contributed by atoms with Gasteiger partial charge < -0.3 is 25.8 Å². The van der Waals surface area contributed by atoms with E-state index in [1.54, 1.807) is 32.3 Å². The first kappa shape index (κ1) is 30.2. The number of carbonyl (C=O) groups excluding carboxylic acids is 2. The van der Waals surface area contributed by atoms with E-state index in [0.717, 1.165) is 6.42 Å². The molecule has 0 aliphatic rings. The Kier molecular flexibility index (Phi) is 12.7. The Hall–Kier alpha value is -4.04. The molecule has 2 aromatic heterocycles. The van der Waals surface area contributed by atoms with E-state index < -0.39 is 12.0 Å². The number of nitrogens with one attached hydrogen (secondary N) is 3. The minimum absolute atomic E-state index is 0.216. The molecular weight excluding hydrogens is 487 g/mol. The van der Waals surface area contributed by atoms with Crippen LogP contribution in [0.4, 0.5) is 21.8 Å². The van der Waals surface area contributed by atoms with Crippen LogP contribution >= 0.6 is 0 Å². The van der Waals surface area contributed by atoms with E-state index in [-0.39, 0.29) is 11.8 Å². The van der Waals surface area contributed by atoms with Crippen molar-refractivity contribution in [1.29, 1.82) is 0 Å². The molecule has 10 nitrogen and oxygen atoms in total. The fraction of sp³-hybridized carbons (Fsp3) is 0.444. The first-order chi connectivity index (χ1) is 18.2. The summed E-state index contributed by atoms with van der Waals surface area (Å²) in [6.07, 6.45) is 8.33. The lowest BCUT2D eigenvalue weighted by molar-refractivity contribution is -0.135. The Labute approximate surface area is 224 Å². The number of nitrogens with zero attached hydrogens (tertiary/aromatic N) is 5. The Morgan fingerprint density at radius 2 is 2.00 bits per heavy atom. The summed E-state index contributed by atoms with van der Waals surface area (Å²) in [5.74, 6) is 6.04. The maximum atomic E-state index is 13.4. The van der Waals surface area contributed by atoms with Crippen LogP contribution in [-0.4, -0.2) is 83.4 Å². The van der Waals surface area contributed by atoms with Crippen molar-refractivity contribution in [2.75, 3.05) is 51.4 Å². The summed E-state index contributed by atoms with van der Waals surface area (Å²) in [5, 5.41) is 9.06. The Bertz CT molecular complexity index is 1160. The third kappa shape index (κ3) is 10.5. The number of hydrogen-bond acceptors (Lipinski definition) is 8. The summed E-state index contributed by atoms with van der Waals surface area (Å²) in [6, 6.07) is 2.30. The van der Waals surface area contributed by atoms with E-state index in [4.69, 9.17) is 0 Å². The number of likely N-dealkylation sites (N-methyl/N-ethyl adjacent to an activating group) is 2. The van der Waals surface area contributed by atoms with Gasteiger partial charge in [-0.3, -0.25) is 9.59 Å². The number of anilines is 3. The van der Waals surface area contributed by atoms with Gasteiger partial charge in [0.2, 0.25) is 23.7 Å². The number of aromatic nitrogens is 3. The monoisotopic (exact) mass is 524 g/mol. The maximum absolute atomic E-state index is 13.4. The van der Waals surface area contributed by atoms with Gasteiger partial charge in [0.15, 0.2) is 0 Å². The molecule has 0 fully saturated rings. The van der Waals surface area contributed by atoms with Crippen LogP contribution in [0.3, 0.4) is 0 Å². The average Bonchev–Trinajstić information content (AvgIpc) is 2.88. The molecule has 0 aliphatic heterocycles. The molecule has 0 radical (unpaired) electrons. The van der Waals surface area contributed by atoms with Crippen molar-refractivity contribution >= 4 is 29.3 Å². The summed E-state index contributed by atoms with van der Waals surface area (Å²) in [4.78, 5) is 40.3. The van der Waals surface area contributed by atoms with Crippen molar-refractivity contribution in [3.8, 4) is 11.8 Å². The first-order valence-corrected chi connectivity index (χ1v) is 12.5. The quantitative estimate of drug-likeness (QED) is 0.159. The van der Waals surface area contributed by atoms with E-state index in [1.165, 1.54) is 23.2 Å². The summed E-state index contributed by atoms with van der Waals surface area (Å²) >= 11 is 0. The van der Waals surface area contributed by atoms with Crippen LogP contribution < -0.4 is 16.0 Å². The molecule has 3 N–H and O–H groups in total. The number of pyridine rings is 1. The average molecular weight is 525 g/mol. The zero-order valence-corrected chi connectivity index (χ0v) is 22.7. The summed E-state index contributed by atoms with van der Waals surface area (Å²) < 4.78 is 13.4. The van der Waals surface area contributed by atoms with Crippen molar-refractivity contribution in [2.24, 2.45) is 0 Å². The Balaban J connectivity index is 1.87. The maximum Gasteiger partial charge on any atom is 0.246 e. The van der Waals surface area contributed by atoms with Crippen LogP contribution in [-0.2, 0) is 9.59 Å². The lowest BCUT2D eigenvalue weighted by Gasteiger charge is -2.23. The van der Waals surface area contributed by atoms with Crippen LogP contribution in [0, 0.1) is 17.8 Å². The highest BCUT2D eigenvalue weighted by atomic mass is 19.1. The van der Waals surface area contributed by atoms with Gasteiger partial charge in [0.25, 0.3) is 0 Å². The molecule has 2 amide bonds. The zero-order valence-electron chi connectivity index (χ0n) is 22.7. The second-order valence-corrected chi connectivity index (χ2v) is 8.86. The molecule has 0 unspecified atom stereocenters. The SMILES string of the molecule is CCCNc1nc(Nc2ccnc(F)c2)ncc1C#CCCCNC(=O)[C@H](C)N(C)C(=O)C=CCN(C)C. The normalized spacial score (nSPS) is 11.6. The van der Waals surface area contributed by atoms with Gasteiger partial charge in [-0.2, -0.15) is 9.37 Å². The van der Waals surface area contributed by atoms with Crippen molar-refractivity contribution in [3.05, 3.63) is 48.2 Å². The predicted molar refractivity (Wildman–Crippen MR) is 147 cm³/mol. The lowest BCUT2D eigenvalue weighted by Crippen LogP contribution is -2.45. The van der Waals surface area contributed by atoms with Crippen molar-refractivity contribution in [1.82, 2.24) is 30.1 Å². The summed E-state index contributed by atoms with van der Waals surface area (Å²) in [5.41, 5.74) is 1.13. The van der Waals surface area contributed by atoms with E-state index in [2.05, 4.69) is 42.7 Å². The molecule has 0 saturated carbocycles. The number of carbonyl (C=O) groups is 2. The van der Waals surface area contributed by atoms with Gasteiger partial charge >= 0.3 is 0 Å². The molecule has 2 heterocycles. The Morgan fingerprint density at radius 1 is 1.21 bits per heavy atom. The van der Waals surface area contributed by atoms with Gasteiger partial charge in [-0.15, -0.1) is 0 Å². The number of amides is 2. The van der Waals surface area contributed by atoms with Gasteiger partial charge in [0.05, 0.1) is 11.8 Å². The molecular formula is C27H37FN8O2. The van der Waals surface area contributed by atoms with Crippen molar-refractivity contribution in [3.63, 3.8) is 0 Å². The molecule has 38 heavy (non-hydrogen) atoms. The van der Waals surface area contributed by atoms with E-state index >= 15 is 0 Å². The highest BCUT2D eigenvalue weighted by Crippen LogP contribution is 2.17. The fourth-order valence-corrected chi connectivity index (χ4v) is 3.06. The Morgan fingerprint density at radius 3 is 2.71 bits per heavy atom. The summed E-state index contributed by atoms with van der Waals surface area (Å²) in [7, 11) is 5.44. The van der Waals surface area contributed by atoms with E-state index in [9.17, 15) is 14.0 Å². The van der Waals surface area contributed by atoms with Gasteiger partial charge in [-0.05, 0) is 39.9 Å². The number of halogens is 1. The molecule has 2 rings (SSSR count). The van der Waals surface area contributed by atoms with Gasteiger partial charge in [0.1, 0.15) is 11.9 Å². The second kappa shape index (κ2) is 15.9. The van der Waals surface area contributed by atoms with Gasteiger partial charge in [0, 0.05) is 57.1 Å².